The lowest BCUT2D eigenvalue weighted by Gasteiger charge is -2.10. The zero-order valence-corrected chi connectivity index (χ0v) is 12.3. The third kappa shape index (κ3) is 5.18. The molecule has 0 bridgehead atoms. The molecule has 102 valence electrons. The smallest absolute Gasteiger partial charge is 0.330 e. The van der Waals surface area contributed by atoms with E-state index in [0.717, 1.165) is 5.56 Å². The van der Waals surface area contributed by atoms with Crippen molar-refractivity contribution in [2.45, 2.75) is 0 Å². The Morgan fingerprint density at radius 3 is 2.63 bits per heavy atom. The van der Waals surface area contributed by atoms with Crippen LogP contribution in [-0.4, -0.2) is 26.8 Å². The van der Waals surface area contributed by atoms with Crippen LogP contribution in [0.2, 0.25) is 0 Å². The van der Waals surface area contributed by atoms with E-state index < -0.39 is 5.97 Å². The van der Waals surface area contributed by atoms with Crippen molar-refractivity contribution >= 4 is 28.0 Å². The number of carbonyl (C=O) groups is 1. The summed E-state index contributed by atoms with van der Waals surface area (Å²) in [5, 5.41) is 0. The maximum absolute atomic E-state index is 11.1. The van der Waals surface area contributed by atoms with Crippen LogP contribution >= 0.6 is 15.9 Å². The number of esters is 1. The van der Waals surface area contributed by atoms with E-state index in [9.17, 15) is 4.79 Å². The van der Waals surface area contributed by atoms with Crippen molar-refractivity contribution in [3.05, 3.63) is 46.6 Å². The highest BCUT2D eigenvalue weighted by molar-refractivity contribution is 9.11. The number of rotatable bonds is 6. The molecule has 0 fully saturated rings. The Labute approximate surface area is 120 Å². The normalized spacial score (nSPS) is 11.4. The van der Waals surface area contributed by atoms with E-state index in [2.05, 4.69) is 20.7 Å². The number of methoxy groups -OCH3 is 2. The standard InChI is InChI=1S/C14H15BrO4/c1-17-12(9-15)10-19-13-6-4-3-5-11(13)7-8-14(16)18-2/h3-9H,10H2,1-2H3/b8-7+,12-9-. The van der Waals surface area contributed by atoms with Crippen molar-refractivity contribution in [1.29, 1.82) is 0 Å². The van der Waals surface area contributed by atoms with E-state index in [0.29, 0.717) is 18.1 Å². The molecule has 0 aliphatic heterocycles. The summed E-state index contributed by atoms with van der Waals surface area (Å²) in [6.45, 7) is 0.296. The lowest BCUT2D eigenvalue weighted by Crippen LogP contribution is -2.03. The van der Waals surface area contributed by atoms with Crippen LogP contribution in [0.1, 0.15) is 5.56 Å². The van der Waals surface area contributed by atoms with E-state index in [1.165, 1.54) is 13.2 Å². The highest BCUT2D eigenvalue weighted by Gasteiger charge is 2.03. The van der Waals surface area contributed by atoms with Gasteiger partial charge in [0.1, 0.15) is 18.1 Å². The molecule has 0 aliphatic carbocycles. The van der Waals surface area contributed by atoms with Gasteiger partial charge in [0.05, 0.1) is 14.2 Å². The van der Waals surface area contributed by atoms with E-state index >= 15 is 0 Å². The molecule has 1 aromatic rings. The maximum atomic E-state index is 11.1. The number of halogens is 1. The number of ether oxygens (including phenoxy) is 3. The second kappa shape index (κ2) is 8.37. The average Bonchev–Trinajstić information content (AvgIpc) is 2.46. The van der Waals surface area contributed by atoms with Crippen LogP contribution in [0.3, 0.4) is 0 Å². The first kappa shape index (κ1) is 15.3. The van der Waals surface area contributed by atoms with Crippen LogP contribution in [0.25, 0.3) is 6.08 Å². The lowest BCUT2D eigenvalue weighted by atomic mass is 10.2. The topological polar surface area (TPSA) is 44.8 Å². The number of hydrogen-bond acceptors (Lipinski definition) is 4. The molecule has 0 saturated carbocycles. The molecular weight excluding hydrogens is 312 g/mol. The minimum absolute atomic E-state index is 0.296. The van der Waals surface area contributed by atoms with Gasteiger partial charge in [-0.15, -0.1) is 0 Å². The molecule has 0 unspecified atom stereocenters. The van der Waals surface area contributed by atoms with Crippen molar-refractivity contribution in [3.8, 4) is 5.75 Å². The number of para-hydroxylation sites is 1. The minimum atomic E-state index is -0.410. The summed E-state index contributed by atoms with van der Waals surface area (Å²) in [5.41, 5.74) is 0.790. The summed E-state index contributed by atoms with van der Waals surface area (Å²) in [5.74, 6) is 0.908. The predicted octanol–water partition coefficient (Wildman–Crippen LogP) is 3.13. The van der Waals surface area contributed by atoms with Gasteiger partial charge in [0, 0.05) is 16.6 Å². The van der Waals surface area contributed by atoms with E-state index in [1.54, 1.807) is 18.2 Å². The molecule has 19 heavy (non-hydrogen) atoms. The van der Waals surface area contributed by atoms with E-state index in [4.69, 9.17) is 9.47 Å². The molecule has 0 atom stereocenters. The fourth-order valence-corrected chi connectivity index (χ4v) is 1.58. The van der Waals surface area contributed by atoms with E-state index in [-0.39, 0.29) is 0 Å². The van der Waals surface area contributed by atoms with Crippen LogP contribution in [0.4, 0.5) is 0 Å². The number of carbonyl (C=O) groups excluding carboxylic acids is 1. The summed E-state index contributed by atoms with van der Waals surface area (Å²) in [4.78, 5) is 12.7. The van der Waals surface area contributed by atoms with Crippen LogP contribution in [0, 0.1) is 0 Å². The van der Waals surface area contributed by atoms with Crippen molar-refractivity contribution in [1.82, 2.24) is 0 Å². The summed E-state index contributed by atoms with van der Waals surface area (Å²) >= 11 is 3.19. The summed E-state index contributed by atoms with van der Waals surface area (Å²) in [6, 6.07) is 7.38. The summed E-state index contributed by atoms with van der Waals surface area (Å²) < 4.78 is 15.2. The molecule has 0 amide bonds. The van der Waals surface area contributed by atoms with Gasteiger partial charge in [0.25, 0.3) is 0 Å². The molecule has 0 aliphatic rings. The molecule has 0 saturated heterocycles. The van der Waals surface area contributed by atoms with Gasteiger partial charge in [-0.3, -0.25) is 0 Å². The fraction of sp³-hybridized carbons (Fsp3) is 0.214. The molecule has 4 nitrogen and oxygen atoms in total. The Bertz CT molecular complexity index is 480. The van der Waals surface area contributed by atoms with Gasteiger partial charge in [-0.2, -0.15) is 0 Å². The molecule has 0 aromatic heterocycles. The van der Waals surface area contributed by atoms with Crippen molar-refractivity contribution < 1.29 is 19.0 Å². The van der Waals surface area contributed by atoms with Gasteiger partial charge in [-0.05, 0) is 12.1 Å². The lowest BCUT2D eigenvalue weighted by molar-refractivity contribution is -0.134. The molecular formula is C14H15BrO4. The Balaban J connectivity index is 2.78. The Kier molecular flexibility index (Phi) is 6.74. The third-order valence-electron chi connectivity index (χ3n) is 2.27. The second-order valence-corrected chi connectivity index (χ2v) is 3.92. The zero-order chi connectivity index (χ0) is 14.1. The van der Waals surface area contributed by atoms with Gasteiger partial charge in [0.15, 0.2) is 0 Å². The molecule has 0 heterocycles. The zero-order valence-electron chi connectivity index (χ0n) is 10.8. The molecule has 0 radical (unpaired) electrons. The maximum Gasteiger partial charge on any atom is 0.330 e. The van der Waals surface area contributed by atoms with Crippen molar-refractivity contribution in [2.75, 3.05) is 20.8 Å². The van der Waals surface area contributed by atoms with Gasteiger partial charge in [0.2, 0.25) is 0 Å². The Hall–Kier alpha value is -1.75. The van der Waals surface area contributed by atoms with Gasteiger partial charge in [-0.25, -0.2) is 4.79 Å². The van der Waals surface area contributed by atoms with Crippen molar-refractivity contribution in [2.24, 2.45) is 0 Å². The first-order valence-corrected chi connectivity index (χ1v) is 6.44. The van der Waals surface area contributed by atoms with Crippen LogP contribution in [-0.2, 0) is 14.3 Å². The number of benzene rings is 1. The first-order valence-electron chi connectivity index (χ1n) is 5.52. The molecule has 5 heteroatoms. The van der Waals surface area contributed by atoms with E-state index in [1.807, 2.05) is 24.3 Å². The predicted molar refractivity (Wildman–Crippen MR) is 77.0 cm³/mol. The second-order valence-electron chi connectivity index (χ2n) is 3.46. The Morgan fingerprint density at radius 1 is 1.26 bits per heavy atom. The molecule has 0 spiro atoms. The minimum Gasteiger partial charge on any atom is -0.497 e. The summed E-state index contributed by atoms with van der Waals surface area (Å²) in [6.07, 6.45) is 2.99. The van der Waals surface area contributed by atoms with Gasteiger partial charge >= 0.3 is 5.97 Å². The van der Waals surface area contributed by atoms with Crippen LogP contribution in [0.15, 0.2) is 41.1 Å². The molecule has 1 rings (SSSR count). The molecule has 1 aromatic carbocycles. The quantitative estimate of drug-likeness (QED) is 0.457. The monoisotopic (exact) mass is 326 g/mol. The van der Waals surface area contributed by atoms with Gasteiger partial charge in [-0.1, -0.05) is 34.1 Å². The summed E-state index contributed by atoms with van der Waals surface area (Å²) in [7, 11) is 2.90. The van der Waals surface area contributed by atoms with Crippen molar-refractivity contribution in [3.63, 3.8) is 0 Å². The largest absolute Gasteiger partial charge is 0.497 e. The Morgan fingerprint density at radius 2 is 2.00 bits per heavy atom. The highest BCUT2D eigenvalue weighted by Crippen LogP contribution is 2.20. The molecule has 0 N–H and O–H groups in total. The SMILES string of the molecule is COC(=O)/C=C/c1ccccc1OC/C(=C/Br)OC. The fourth-order valence-electron chi connectivity index (χ4n) is 1.26. The van der Waals surface area contributed by atoms with Gasteiger partial charge < -0.3 is 14.2 Å². The first-order chi connectivity index (χ1) is 9.21. The highest BCUT2D eigenvalue weighted by atomic mass is 79.9. The van der Waals surface area contributed by atoms with Crippen LogP contribution in [0.5, 0.6) is 5.75 Å². The number of hydrogen-bond donors (Lipinski definition) is 0. The average molecular weight is 327 g/mol. The van der Waals surface area contributed by atoms with Crippen LogP contribution < -0.4 is 4.74 Å². The third-order valence-corrected chi connectivity index (χ3v) is 2.78.